The Balaban J connectivity index is 2.35. The summed E-state index contributed by atoms with van der Waals surface area (Å²) in [7, 11) is 0. The summed E-state index contributed by atoms with van der Waals surface area (Å²) in [6.07, 6.45) is 5.60. The smallest absolute Gasteiger partial charge is 0.103 e. The third-order valence-electron chi connectivity index (χ3n) is 3.18. The summed E-state index contributed by atoms with van der Waals surface area (Å²) in [5.74, 6) is 0. The molecule has 0 aliphatic carbocycles. The zero-order valence-electron chi connectivity index (χ0n) is 11.7. The number of hydrogen-bond acceptors (Lipinski definition) is 4. The van der Waals surface area contributed by atoms with Crippen molar-refractivity contribution in [3.05, 3.63) is 53.9 Å². The highest BCUT2D eigenvalue weighted by atomic mass is 32.2. The van der Waals surface area contributed by atoms with Crippen LogP contribution < -0.4 is 4.90 Å². The molecule has 0 saturated carbocycles. The van der Waals surface area contributed by atoms with Crippen LogP contribution in [0.1, 0.15) is 18.1 Å². The summed E-state index contributed by atoms with van der Waals surface area (Å²) in [6.45, 7) is 3.74. The first-order chi connectivity index (χ1) is 9.80. The summed E-state index contributed by atoms with van der Waals surface area (Å²) >= 11 is 1.61. The fourth-order valence-electron chi connectivity index (χ4n) is 2.14. The van der Waals surface area contributed by atoms with Gasteiger partial charge in [-0.05, 0) is 43.0 Å². The first-order valence-corrected chi connectivity index (χ1v) is 7.73. The summed E-state index contributed by atoms with van der Waals surface area (Å²) in [4.78, 5) is 7.28. The number of hydrogen-bond donors (Lipinski definition) is 0. The Morgan fingerprint density at radius 3 is 2.60 bits per heavy atom. The van der Waals surface area contributed by atoms with Gasteiger partial charge in [-0.15, -0.1) is 11.8 Å². The number of aromatic nitrogens is 1. The van der Waals surface area contributed by atoms with Crippen LogP contribution in [-0.4, -0.2) is 17.8 Å². The van der Waals surface area contributed by atoms with E-state index < -0.39 is 0 Å². The standard InChI is InChI=1S/C16H17N3S/c1-3-19(12-13-7-9-18-10-8-13)15-5-4-6-16(20-2)14(15)11-17/h4-10H,3,12H2,1-2H3. The first kappa shape index (κ1) is 14.4. The second kappa shape index (κ2) is 6.97. The largest absolute Gasteiger partial charge is 0.366 e. The second-order valence-electron chi connectivity index (χ2n) is 4.34. The van der Waals surface area contributed by atoms with Gasteiger partial charge in [0.15, 0.2) is 0 Å². The van der Waals surface area contributed by atoms with Crippen LogP contribution in [0.4, 0.5) is 5.69 Å². The van der Waals surface area contributed by atoms with Crippen LogP contribution in [-0.2, 0) is 6.54 Å². The fraction of sp³-hybridized carbons (Fsp3) is 0.250. The van der Waals surface area contributed by atoms with Crippen LogP contribution in [0.3, 0.4) is 0 Å². The topological polar surface area (TPSA) is 39.9 Å². The van der Waals surface area contributed by atoms with Crippen LogP contribution >= 0.6 is 11.8 Å². The van der Waals surface area contributed by atoms with Crippen LogP contribution in [0, 0.1) is 11.3 Å². The Hall–Kier alpha value is -1.99. The van der Waals surface area contributed by atoms with Crippen molar-refractivity contribution in [3.8, 4) is 6.07 Å². The molecule has 0 radical (unpaired) electrons. The van der Waals surface area contributed by atoms with E-state index in [2.05, 4.69) is 22.9 Å². The summed E-state index contributed by atoms with van der Waals surface area (Å²) in [5, 5.41) is 9.44. The average molecular weight is 283 g/mol. The number of pyridine rings is 1. The maximum absolute atomic E-state index is 9.44. The summed E-state index contributed by atoms with van der Waals surface area (Å²) in [5.41, 5.74) is 2.95. The number of benzene rings is 1. The highest BCUT2D eigenvalue weighted by molar-refractivity contribution is 7.98. The van der Waals surface area contributed by atoms with Gasteiger partial charge in [0.25, 0.3) is 0 Å². The molecule has 20 heavy (non-hydrogen) atoms. The number of rotatable bonds is 5. The number of nitriles is 1. The Morgan fingerprint density at radius 1 is 1.25 bits per heavy atom. The molecule has 0 unspecified atom stereocenters. The molecule has 0 spiro atoms. The third kappa shape index (κ3) is 3.12. The van der Waals surface area contributed by atoms with E-state index in [1.165, 1.54) is 5.56 Å². The van der Waals surface area contributed by atoms with Crippen molar-refractivity contribution >= 4 is 17.4 Å². The number of nitrogens with zero attached hydrogens (tertiary/aromatic N) is 3. The molecule has 0 aliphatic heterocycles. The normalized spacial score (nSPS) is 10.1. The van der Waals surface area contributed by atoms with Crippen molar-refractivity contribution in [1.82, 2.24) is 4.98 Å². The molecule has 2 aromatic rings. The van der Waals surface area contributed by atoms with Crippen molar-refractivity contribution in [1.29, 1.82) is 5.26 Å². The van der Waals surface area contributed by atoms with Crippen molar-refractivity contribution in [3.63, 3.8) is 0 Å². The molecule has 0 bridgehead atoms. The molecular formula is C16H17N3S. The molecule has 0 fully saturated rings. The van der Waals surface area contributed by atoms with Crippen LogP contribution in [0.25, 0.3) is 0 Å². The number of anilines is 1. The van der Waals surface area contributed by atoms with E-state index in [0.717, 1.165) is 29.2 Å². The van der Waals surface area contributed by atoms with Gasteiger partial charge in [-0.25, -0.2) is 0 Å². The lowest BCUT2D eigenvalue weighted by Crippen LogP contribution is -2.23. The van der Waals surface area contributed by atoms with Gasteiger partial charge in [0.2, 0.25) is 0 Å². The lowest BCUT2D eigenvalue weighted by Gasteiger charge is -2.25. The van der Waals surface area contributed by atoms with Gasteiger partial charge in [0, 0.05) is 30.4 Å². The summed E-state index contributed by atoms with van der Waals surface area (Å²) in [6, 6.07) is 12.4. The minimum Gasteiger partial charge on any atom is -0.366 e. The van der Waals surface area contributed by atoms with Gasteiger partial charge in [0.05, 0.1) is 11.3 Å². The molecule has 1 aromatic heterocycles. The zero-order valence-corrected chi connectivity index (χ0v) is 12.5. The lowest BCUT2D eigenvalue weighted by molar-refractivity contribution is 0.827. The third-order valence-corrected chi connectivity index (χ3v) is 3.96. The molecule has 4 heteroatoms. The van der Waals surface area contributed by atoms with E-state index in [1.807, 2.05) is 36.6 Å². The van der Waals surface area contributed by atoms with Gasteiger partial charge in [0.1, 0.15) is 6.07 Å². The van der Waals surface area contributed by atoms with Crippen molar-refractivity contribution in [2.45, 2.75) is 18.4 Å². The molecule has 102 valence electrons. The van der Waals surface area contributed by atoms with E-state index in [0.29, 0.717) is 0 Å². The molecule has 0 amide bonds. The van der Waals surface area contributed by atoms with Gasteiger partial charge in [-0.3, -0.25) is 4.98 Å². The van der Waals surface area contributed by atoms with Gasteiger partial charge < -0.3 is 4.90 Å². The monoisotopic (exact) mass is 283 g/mol. The van der Waals surface area contributed by atoms with Crippen molar-refractivity contribution in [2.75, 3.05) is 17.7 Å². The average Bonchev–Trinajstić information content (AvgIpc) is 2.52. The number of thioether (sulfide) groups is 1. The molecule has 0 atom stereocenters. The van der Waals surface area contributed by atoms with E-state index in [4.69, 9.17) is 0 Å². The quantitative estimate of drug-likeness (QED) is 0.784. The predicted molar refractivity (Wildman–Crippen MR) is 83.9 cm³/mol. The van der Waals surface area contributed by atoms with E-state index in [1.54, 1.807) is 24.2 Å². The maximum atomic E-state index is 9.44. The second-order valence-corrected chi connectivity index (χ2v) is 5.18. The van der Waals surface area contributed by atoms with Gasteiger partial charge in [-0.2, -0.15) is 5.26 Å². The summed E-state index contributed by atoms with van der Waals surface area (Å²) < 4.78 is 0. The van der Waals surface area contributed by atoms with Crippen molar-refractivity contribution in [2.24, 2.45) is 0 Å². The minimum atomic E-state index is 0.760. The zero-order chi connectivity index (χ0) is 14.4. The molecule has 1 heterocycles. The Kier molecular flexibility index (Phi) is 5.03. The molecule has 1 aromatic carbocycles. The minimum absolute atomic E-state index is 0.760. The van der Waals surface area contributed by atoms with Crippen LogP contribution in [0.15, 0.2) is 47.6 Å². The Labute approximate surface area is 124 Å². The van der Waals surface area contributed by atoms with Gasteiger partial charge in [-0.1, -0.05) is 6.07 Å². The van der Waals surface area contributed by atoms with Crippen molar-refractivity contribution < 1.29 is 0 Å². The highest BCUT2D eigenvalue weighted by Gasteiger charge is 2.13. The van der Waals surface area contributed by atoms with Gasteiger partial charge >= 0.3 is 0 Å². The predicted octanol–water partition coefficient (Wildman–Crippen LogP) is 3.70. The lowest BCUT2D eigenvalue weighted by atomic mass is 10.1. The highest BCUT2D eigenvalue weighted by Crippen LogP contribution is 2.29. The molecule has 0 saturated heterocycles. The Morgan fingerprint density at radius 2 is 2.00 bits per heavy atom. The SMILES string of the molecule is CCN(Cc1ccncc1)c1cccc(SC)c1C#N. The molecule has 0 aliphatic rings. The molecule has 2 rings (SSSR count). The first-order valence-electron chi connectivity index (χ1n) is 6.51. The van der Waals surface area contributed by atoms with E-state index in [9.17, 15) is 5.26 Å². The van der Waals surface area contributed by atoms with Crippen LogP contribution in [0.2, 0.25) is 0 Å². The molecule has 0 N–H and O–H groups in total. The molecule has 3 nitrogen and oxygen atoms in total. The van der Waals surface area contributed by atoms with E-state index >= 15 is 0 Å². The maximum Gasteiger partial charge on any atom is 0.103 e. The Bertz CT molecular complexity index is 605. The van der Waals surface area contributed by atoms with E-state index in [-0.39, 0.29) is 0 Å². The fourth-order valence-corrected chi connectivity index (χ4v) is 2.71. The van der Waals surface area contributed by atoms with Crippen LogP contribution in [0.5, 0.6) is 0 Å². The molecular weight excluding hydrogens is 266 g/mol.